The Kier molecular flexibility index (Phi) is 12.7. The van der Waals surface area contributed by atoms with Crippen molar-refractivity contribution in [2.24, 2.45) is 0 Å². The van der Waals surface area contributed by atoms with Crippen LogP contribution < -0.4 is 14.2 Å². The molecule has 6 heterocycles. The number of nitrogens with zero attached hydrogens (tertiary/aromatic N) is 6. The van der Waals surface area contributed by atoms with E-state index in [1.54, 1.807) is 54.6 Å². The Morgan fingerprint density at radius 1 is 0.644 bits per heavy atom. The van der Waals surface area contributed by atoms with Gasteiger partial charge in [0.25, 0.3) is 55.9 Å². The summed E-state index contributed by atoms with van der Waals surface area (Å²) in [4.78, 5) is 88.2. The molecule has 3 aromatic heterocycles. The molecule has 0 saturated carbocycles. The minimum atomic E-state index is -4.23. The summed E-state index contributed by atoms with van der Waals surface area (Å²) in [5.41, 5.74) is 4.07. The van der Waals surface area contributed by atoms with Crippen LogP contribution in [0.5, 0.6) is 5.75 Å². The van der Waals surface area contributed by atoms with Gasteiger partial charge in [-0.05, 0) is 37.1 Å². The number of rotatable bonds is 17. The zero-order valence-corrected chi connectivity index (χ0v) is 40.0. The number of allylic oxidation sites excluding steroid dienone is 4. The van der Waals surface area contributed by atoms with Crippen LogP contribution in [0, 0.1) is 0 Å². The molecular formula is C49H43N6O16S2+. The van der Waals surface area contributed by atoms with Crippen molar-refractivity contribution in [2.75, 3.05) is 23.0 Å². The first-order chi connectivity index (χ1) is 34.9. The highest BCUT2D eigenvalue weighted by atomic mass is 32.2. The maximum Gasteiger partial charge on any atom is 0.398 e. The molecule has 3 aliphatic rings. The number of ether oxygens (including phenoxy) is 1. The van der Waals surface area contributed by atoms with E-state index in [4.69, 9.17) is 18.8 Å². The van der Waals surface area contributed by atoms with Gasteiger partial charge in [-0.15, -0.1) is 14.7 Å². The lowest BCUT2D eigenvalue weighted by molar-refractivity contribution is -0.667. The average Bonchev–Trinajstić information content (AvgIpc) is 4.17. The molecule has 0 atom stereocenters. The number of fused-ring (bicyclic) bond motifs is 8. The second kappa shape index (κ2) is 19.1. The van der Waals surface area contributed by atoms with E-state index < -0.39 is 80.4 Å². The van der Waals surface area contributed by atoms with E-state index in [0.29, 0.717) is 43.7 Å². The molecule has 4 amide bonds. The Morgan fingerprint density at radius 3 is 1.75 bits per heavy atom. The van der Waals surface area contributed by atoms with Crippen molar-refractivity contribution in [3.8, 4) is 5.75 Å². The van der Waals surface area contributed by atoms with E-state index in [-0.39, 0.29) is 63.4 Å². The second-order valence-corrected chi connectivity index (χ2v) is 20.5. The highest BCUT2D eigenvalue weighted by molar-refractivity contribution is 7.86. The van der Waals surface area contributed by atoms with Crippen molar-refractivity contribution in [1.82, 2.24) is 19.3 Å². The van der Waals surface area contributed by atoms with Crippen LogP contribution >= 0.6 is 0 Å². The van der Waals surface area contributed by atoms with Crippen LogP contribution in [0.25, 0.3) is 60.8 Å². The molecular weight excluding hydrogens is 993 g/mol. The van der Waals surface area contributed by atoms with Gasteiger partial charge in [0.15, 0.2) is 5.75 Å². The van der Waals surface area contributed by atoms with E-state index >= 15 is 0 Å². The smallest absolute Gasteiger partial charge is 0.398 e. The molecule has 22 nitrogen and oxygen atoms in total. The van der Waals surface area contributed by atoms with E-state index in [1.165, 1.54) is 9.47 Å². The van der Waals surface area contributed by atoms with Gasteiger partial charge in [0.05, 0.1) is 34.3 Å². The summed E-state index contributed by atoms with van der Waals surface area (Å²) < 4.78 is 83.2. The van der Waals surface area contributed by atoms with E-state index in [9.17, 15) is 54.7 Å². The summed E-state index contributed by atoms with van der Waals surface area (Å²) in [6.07, 6.45) is 7.63. The molecule has 4 aromatic carbocycles. The van der Waals surface area contributed by atoms with Gasteiger partial charge in [-0.25, -0.2) is 9.59 Å². The summed E-state index contributed by atoms with van der Waals surface area (Å²) >= 11 is 0. The molecule has 2 N–H and O–H groups in total. The minimum Gasteiger partial charge on any atom is -0.439 e. The summed E-state index contributed by atoms with van der Waals surface area (Å²) in [7, 11) is -8.45. The molecule has 0 unspecified atom stereocenters. The third-order valence-corrected chi connectivity index (χ3v) is 14.1. The fraction of sp³-hybridized carbons (Fsp3) is 0.245. The van der Waals surface area contributed by atoms with Crippen molar-refractivity contribution >= 4 is 122 Å². The normalized spacial score (nSPS) is 16.1. The fourth-order valence-corrected chi connectivity index (χ4v) is 10.3. The van der Waals surface area contributed by atoms with Crippen molar-refractivity contribution in [2.45, 2.75) is 58.2 Å². The van der Waals surface area contributed by atoms with Crippen molar-refractivity contribution in [3.63, 3.8) is 0 Å². The third kappa shape index (κ3) is 9.79. The highest BCUT2D eigenvalue weighted by Crippen LogP contribution is 2.44. The Hall–Kier alpha value is -8.19. The maximum absolute atomic E-state index is 13.4. The number of carbonyl (C=O) groups excluding carboxylic acids is 6. The predicted octanol–water partition coefficient (Wildman–Crippen LogP) is 5.02. The summed E-state index contributed by atoms with van der Waals surface area (Å²) in [5, 5.41) is 3.97. The molecule has 3 aliphatic heterocycles. The molecule has 10 rings (SSSR count). The monoisotopic (exact) mass is 1040 g/mol. The van der Waals surface area contributed by atoms with Gasteiger partial charge in [0.1, 0.15) is 6.54 Å². The SMILES string of the molecule is O=C(CN1/C(=C/C=C/C=C/c2oc3cc4c(cc3[n+]2CC(=O)ON2C(=O)CCC2=O)c2ccccc2n4CCCS(=O)(=O)O)Oc2cc3c(cc21)c1ccccc1n3CCCS(=O)(=O)O)ON1C(=O)CCC1=O. The topological polar surface area (TPSA) is 275 Å². The van der Waals surface area contributed by atoms with Crippen LogP contribution in [-0.4, -0.2) is 98.8 Å². The second-order valence-electron chi connectivity index (χ2n) is 17.3. The number of benzene rings is 4. The number of carbonyl (C=O) groups is 6. The van der Waals surface area contributed by atoms with Crippen LogP contribution in [0.2, 0.25) is 0 Å². The average molecular weight is 1040 g/mol. The number of hydrogen-bond acceptors (Lipinski definition) is 15. The number of imide groups is 2. The van der Waals surface area contributed by atoms with Gasteiger partial charge >= 0.3 is 17.8 Å². The number of hydroxylamine groups is 4. The Bertz CT molecular complexity index is 3820. The Balaban J connectivity index is 0.994. The van der Waals surface area contributed by atoms with Crippen LogP contribution in [0.15, 0.2) is 107 Å². The first kappa shape index (κ1) is 48.4. The first-order valence-corrected chi connectivity index (χ1v) is 26.1. The van der Waals surface area contributed by atoms with E-state index in [0.717, 1.165) is 32.6 Å². The lowest BCUT2D eigenvalue weighted by Crippen LogP contribution is -2.43. The van der Waals surface area contributed by atoms with Gasteiger partial charge in [-0.3, -0.25) is 33.2 Å². The zero-order valence-electron chi connectivity index (χ0n) is 38.4. The summed E-state index contributed by atoms with van der Waals surface area (Å²) in [6, 6.07) is 21.9. The largest absolute Gasteiger partial charge is 0.439 e. The molecule has 376 valence electrons. The molecule has 0 radical (unpaired) electrons. The third-order valence-electron chi connectivity index (χ3n) is 12.5. The van der Waals surface area contributed by atoms with Crippen molar-refractivity contribution in [3.05, 3.63) is 109 Å². The predicted molar refractivity (Wildman–Crippen MR) is 260 cm³/mol. The number of oxazole rings is 1. The summed E-state index contributed by atoms with van der Waals surface area (Å²) in [5.74, 6) is -4.85. The molecule has 73 heavy (non-hydrogen) atoms. The first-order valence-electron chi connectivity index (χ1n) is 22.9. The Morgan fingerprint density at radius 2 is 1.18 bits per heavy atom. The summed E-state index contributed by atoms with van der Waals surface area (Å²) in [6.45, 7) is -0.553. The number of para-hydroxylation sites is 2. The van der Waals surface area contributed by atoms with Crippen molar-refractivity contribution < 1.29 is 78.1 Å². The fourth-order valence-electron chi connectivity index (χ4n) is 9.33. The van der Waals surface area contributed by atoms with E-state index in [1.807, 2.05) is 57.7 Å². The van der Waals surface area contributed by atoms with Gasteiger partial charge in [0.2, 0.25) is 11.5 Å². The van der Waals surface area contributed by atoms with Crippen LogP contribution in [-0.2, 0) is 78.3 Å². The van der Waals surface area contributed by atoms with Gasteiger partial charge < -0.3 is 28.0 Å². The number of amides is 4. The minimum absolute atomic E-state index is 0.104. The highest BCUT2D eigenvalue weighted by Gasteiger charge is 2.37. The standard InChI is InChI=1S/C49H42N6O16S2/c56-42-16-17-43(57)54(42)70-48(60)28-52-38-24-32-30-10-4-6-12-34(30)50(20-8-22-72(62,63)64)36(32)26-40(38)68-46(52)14-2-1-3-15-47-53(29-49(61)71-55-44(58)18-19-45(55)59)39-25-33-31-11-5-7-13-35(31)51(21-9-23-73(65,66)67)37(33)27-41(39)69-47/h1-7,10-15,24-27H,8-9,16-23,28-29H2,(H-,62,63,64,65,66,67)/p+1. The lowest BCUT2D eigenvalue weighted by Gasteiger charge is -2.19. The van der Waals surface area contributed by atoms with Crippen LogP contribution in [0.4, 0.5) is 5.69 Å². The molecule has 24 heteroatoms. The van der Waals surface area contributed by atoms with Gasteiger partial charge in [-0.1, -0.05) is 54.6 Å². The molecule has 2 fully saturated rings. The van der Waals surface area contributed by atoms with Gasteiger partial charge in [-0.2, -0.15) is 16.8 Å². The number of aromatic nitrogens is 3. The molecule has 0 bridgehead atoms. The molecule has 2 saturated heterocycles. The van der Waals surface area contributed by atoms with E-state index in [2.05, 4.69) is 0 Å². The Labute approximate surface area is 413 Å². The van der Waals surface area contributed by atoms with Crippen LogP contribution in [0.1, 0.15) is 44.4 Å². The molecule has 0 spiro atoms. The van der Waals surface area contributed by atoms with Crippen LogP contribution in [0.3, 0.4) is 0 Å². The lowest BCUT2D eigenvalue weighted by atomic mass is 10.1. The maximum atomic E-state index is 13.4. The van der Waals surface area contributed by atoms with Crippen molar-refractivity contribution in [1.29, 1.82) is 0 Å². The quantitative estimate of drug-likeness (QED) is 0.0524. The number of hydrogen-bond donors (Lipinski definition) is 2. The zero-order chi connectivity index (χ0) is 51.3. The number of aryl methyl sites for hydroxylation is 2. The molecule has 0 aliphatic carbocycles. The molecule has 7 aromatic rings. The number of anilines is 1. The van der Waals surface area contributed by atoms with Gasteiger partial charge in [0, 0.05) is 89.6 Å².